The Hall–Kier alpha value is -2.71. The third-order valence-electron chi connectivity index (χ3n) is 5.66. The Bertz CT molecular complexity index is 1340. The van der Waals surface area contributed by atoms with Crippen LogP contribution in [-0.2, 0) is 4.74 Å². The smallest absolute Gasteiger partial charge is 0.267 e. The lowest BCUT2D eigenvalue weighted by molar-refractivity contribution is 0.0303. The van der Waals surface area contributed by atoms with Crippen LogP contribution in [0.25, 0.3) is 20.5 Å². The highest BCUT2D eigenvalue weighted by Crippen LogP contribution is 2.42. The van der Waals surface area contributed by atoms with Gasteiger partial charge in [0.05, 0.1) is 23.8 Å². The number of hydrogen-bond donors (Lipinski definition) is 1. The van der Waals surface area contributed by atoms with E-state index >= 15 is 0 Å². The summed E-state index contributed by atoms with van der Waals surface area (Å²) in [5, 5.41) is 4.84. The summed E-state index contributed by atoms with van der Waals surface area (Å²) in [4.78, 5) is 30.0. The van der Waals surface area contributed by atoms with E-state index in [0.717, 1.165) is 26.1 Å². The number of nitrogens with one attached hydrogen (secondary N) is 1. The van der Waals surface area contributed by atoms with Crippen LogP contribution < -0.4 is 5.32 Å². The third-order valence-corrected chi connectivity index (χ3v) is 8.59. The van der Waals surface area contributed by atoms with E-state index in [1.807, 2.05) is 61.5 Å². The van der Waals surface area contributed by atoms with Gasteiger partial charge in [-0.05, 0) is 24.1 Å². The van der Waals surface area contributed by atoms with E-state index < -0.39 is 0 Å². The van der Waals surface area contributed by atoms with Crippen LogP contribution in [0.5, 0.6) is 0 Å². The van der Waals surface area contributed by atoms with Gasteiger partial charge in [-0.3, -0.25) is 9.59 Å². The molecule has 1 N–H and O–H groups in total. The maximum absolute atomic E-state index is 13.5. The summed E-state index contributed by atoms with van der Waals surface area (Å²) in [6, 6.07) is 17.6. The Morgan fingerprint density at radius 2 is 1.70 bits per heavy atom. The number of fused-ring (bicyclic) bond motifs is 1. The van der Waals surface area contributed by atoms with E-state index in [1.165, 1.54) is 22.7 Å². The maximum Gasteiger partial charge on any atom is 0.267 e. The fourth-order valence-corrected chi connectivity index (χ4v) is 6.58. The van der Waals surface area contributed by atoms with Crippen molar-refractivity contribution in [3.05, 3.63) is 75.6 Å². The molecule has 0 atom stereocenters. The molecule has 2 aromatic heterocycles. The van der Waals surface area contributed by atoms with Crippen molar-refractivity contribution in [2.45, 2.75) is 6.92 Å². The molecular formula is C25H21ClN2O3S2. The Morgan fingerprint density at radius 1 is 1.00 bits per heavy atom. The van der Waals surface area contributed by atoms with Gasteiger partial charge >= 0.3 is 0 Å². The number of rotatable bonds is 4. The predicted octanol–water partition coefficient (Wildman–Crippen LogP) is 6.32. The van der Waals surface area contributed by atoms with Crippen LogP contribution in [-0.4, -0.2) is 43.0 Å². The summed E-state index contributed by atoms with van der Waals surface area (Å²) in [5.41, 5.74) is 2.41. The second-order valence-electron chi connectivity index (χ2n) is 7.73. The Morgan fingerprint density at radius 3 is 2.42 bits per heavy atom. The molecule has 0 aliphatic carbocycles. The van der Waals surface area contributed by atoms with Gasteiger partial charge in [0.2, 0.25) is 0 Å². The SMILES string of the molecule is Cc1c(-c2ccccc2)sc(NC(=O)c2sc3ccccc3c2Cl)c1C(=O)N1CCOCC1. The quantitative estimate of drug-likeness (QED) is 0.360. The van der Waals surface area contributed by atoms with Crippen LogP contribution in [0.4, 0.5) is 5.00 Å². The standard InChI is InChI=1S/C25H21ClN2O3S2/c1-15-19(25(30)28-11-13-31-14-12-28)24(33-21(15)16-7-3-2-4-8-16)27-23(29)22-20(26)17-9-5-6-10-18(17)32-22/h2-10H,11-14H2,1H3,(H,27,29). The zero-order valence-electron chi connectivity index (χ0n) is 17.9. The first kappa shape index (κ1) is 22.1. The van der Waals surface area contributed by atoms with Crippen LogP contribution >= 0.6 is 34.3 Å². The molecule has 0 saturated carbocycles. The molecule has 168 valence electrons. The van der Waals surface area contributed by atoms with Crippen molar-refractivity contribution >= 4 is 61.2 Å². The second kappa shape index (κ2) is 9.27. The number of amides is 2. The van der Waals surface area contributed by atoms with Crippen molar-refractivity contribution in [3.63, 3.8) is 0 Å². The number of carbonyl (C=O) groups excluding carboxylic acids is 2. The minimum absolute atomic E-state index is 0.0908. The summed E-state index contributed by atoms with van der Waals surface area (Å²) in [6.07, 6.45) is 0. The first-order chi connectivity index (χ1) is 16.0. The number of ether oxygens (including phenoxy) is 1. The van der Waals surface area contributed by atoms with E-state index in [1.54, 1.807) is 4.90 Å². The van der Waals surface area contributed by atoms with Gasteiger partial charge in [0, 0.05) is 28.1 Å². The number of carbonyl (C=O) groups is 2. The monoisotopic (exact) mass is 496 g/mol. The molecule has 0 radical (unpaired) electrons. The van der Waals surface area contributed by atoms with Crippen LogP contribution in [0, 0.1) is 6.92 Å². The maximum atomic E-state index is 13.5. The number of halogens is 1. The van der Waals surface area contributed by atoms with Gasteiger partial charge in [-0.15, -0.1) is 22.7 Å². The molecule has 1 aliphatic heterocycles. The number of morpholine rings is 1. The number of thiophene rings is 2. The average Bonchev–Trinajstić information content (AvgIpc) is 3.36. The van der Waals surface area contributed by atoms with E-state index in [2.05, 4.69) is 5.32 Å². The van der Waals surface area contributed by atoms with Gasteiger partial charge < -0.3 is 15.0 Å². The van der Waals surface area contributed by atoms with Crippen molar-refractivity contribution in [1.29, 1.82) is 0 Å². The van der Waals surface area contributed by atoms with E-state index in [0.29, 0.717) is 46.8 Å². The molecule has 1 aliphatic rings. The summed E-state index contributed by atoms with van der Waals surface area (Å²) in [5.74, 6) is -0.398. The average molecular weight is 497 g/mol. The van der Waals surface area contributed by atoms with Crippen LogP contribution in [0.1, 0.15) is 25.6 Å². The fourth-order valence-electron chi connectivity index (χ4n) is 3.97. The zero-order chi connectivity index (χ0) is 22.9. The molecule has 0 bridgehead atoms. The molecule has 1 fully saturated rings. The van der Waals surface area contributed by atoms with Crippen LogP contribution in [0.15, 0.2) is 54.6 Å². The van der Waals surface area contributed by atoms with Crippen molar-refractivity contribution in [1.82, 2.24) is 4.90 Å². The van der Waals surface area contributed by atoms with Gasteiger partial charge in [0.15, 0.2) is 0 Å². The van der Waals surface area contributed by atoms with Crippen molar-refractivity contribution in [2.24, 2.45) is 0 Å². The Kier molecular flexibility index (Phi) is 6.21. The third kappa shape index (κ3) is 4.17. The number of anilines is 1. The topological polar surface area (TPSA) is 58.6 Å². The molecule has 8 heteroatoms. The molecule has 5 rings (SSSR count). The first-order valence-electron chi connectivity index (χ1n) is 10.6. The highest BCUT2D eigenvalue weighted by molar-refractivity contribution is 7.22. The molecule has 5 nitrogen and oxygen atoms in total. The second-order valence-corrected chi connectivity index (χ2v) is 10.2. The first-order valence-corrected chi connectivity index (χ1v) is 12.6. The lowest BCUT2D eigenvalue weighted by Crippen LogP contribution is -2.41. The van der Waals surface area contributed by atoms with E-state index in [-0.39, 0.29) is 11.8 Å². The fraction of sp³-hybridized carbons (Fsp3) is 0.200. The van der Waals surface area contributed by atoms with Gasteiger partial charge in [0.1, 0.15) is 9.88 Å². The van der Waals surface area contributed by atoms with Crippen molar-refractivity contribution < 1.29 is 14.3 Å². The largest absolute Gasteiger partial charge is 0.378 e. The van der Waals surface area contributed by atoms with Gasteiger partial charge in [-0.1, -0.05) is 60.1 Å². The molecule has 1 saturated heterocycles. The minimum atomic E-state index is -0.307. The molecule has 0 unspecified atom stereocenters. The Balaban J connectivity index is 1.55. The van der Waals surface area contributed by atoms with Crippen molar-refractivity contribution in [2.75, 3.05) is 31.6 Å². The molecular weight excluding hydrogens is 476 g/mol. The summed E-state index contributed by atoms with van der Waals surface area (Å²) < 4.78 is 6.36. The zero-order valence-corrected chi connectivity index (χ0v) is 20.3. The van der Waals surface area contributed by atoms with Gasteiger partial charge in [-0.2, -0.15) is 0 Å². The lowest BCUT2D eigenvalue weighted by Gasteiger charge is -2.27. The van der Waals surface area contributed by atoms with E-state index in [4.69, 9.17) is 16.3 Å². The number of hydrogen-bond acceptors (Lipinski definition) is 5. The summed E-state index contributed by atoms with van der Waals surface area (Å²) in [6.45, 7) is 4.03. The summed E-state index contributed by atoms with van der Waals surface area (Å²) >= 11 is 9.31. The Labute approximate surface area is 204 Å². The molecule has 2 aromatic carbocycles. The highest BCUT2D eigenvalue weighted by atomic mass is 35.5. The van der Waals surface area contributed by atoms with Crippen LogP contribution in [0.3, 0.4) is 0 Å². The lowest BCUT2D eigenvalue weighted by atomic mass is 10.1. The molecule has 2 amide bonds. The summed E-state index contributed by atoms with van der Waals surface area (Å²) in [7, 11) is 0. The molecule has 33 heavy (non-hydrogen) atoms. The van der Waals surface area contributed by atoms with E-state index in [9.17, 15) is 9.59 Å². The van der Waals surface area contributed by atoms with Crippen molar-refractivity contribution in [3.8, 4) is 10.4 Å². The molecule has 4 aromatic rings. The van der Waals surface area contributed by atoms with Gasteiger partial charge in [-0.25, -0.2) is 0 Å². The molecule has 0 spiro atoms. The number of benzene rings is 2. The van der Waals surface area contributed by atoms with Crippen LogP contribution in [0.2, 0.25) is 5.02 Å². The molecule has 3 heterocycles. The normalized spacial score (nSPS) is 13.9. The number of nitrogens with zero attached hydrogens (tertiary/aromatic N) is 1. The minimum Gasteiger partial charge on any atom is -0.378 e. The predicted molar refractivity (Wildman–Crippen MR) is 136 cm³/mol. The highest BCUT2D eigenvalue weighted by Gasteiger charge is 2.29. The van der Waals surface area contributed by atoms with Gasteiger partial charge in [0.25, 0.3) is 11.8 Å².